The Balaban J connectivity index is 1.94. The number of carbonyl (C=O) groups excluding carboxylic acids is 1. The molecule has 1 aromatic rings. The van der Waals surface area contributed by atoms with Gasteiger partial charge in [0.05, 0.1) is 12.1 Å². The molecule has 1 amide bonds. The molecular weight excluding hydrogens is 243 g/mol. The Morgan fingerprint density at radius 2 is 2.26 bits per heavy atom. The van der Waals surface area contributed by atoms with Gasteiger partial charge < -0.3 is 10.6 Å². The lowest BCUT2D eigenvalue weighted by molar-refractivity contribution is -0.123. The Hall–Kier alpha value is -1.42. The first-order chi connectivity index (χ1) is 9.16. The van der Waals surface area contributed by atoms with Crippen molar-refractivity contribution in [1.82, 2.24) is 10.6 Å². The minimum atomic E-state index is -0.272. The third-order valence-corrected chi connectivity index (χ3v) is 3.58. The predicted molar refractivity (Wildman–Crippen MR) is 73.2 cm³/mol. The van der Waals surface area contributed by atoms with Crippen LogP contribution in [0.2, 0.25) is 0 Å². The first-order valence-electron chi connectivity index (χ1n) is 6.96. The van der Waals surface area contributed by atoms with Crippen molar-refractivity contribution in [2.24, 2.45) is 0 Å². The van der Waals surface area contributed by atoms with Crippen molar-refractivity contribution in [1.29, 1.82) is 0 Å². The lowest BCUT2D eigenvalue weighted by atomic mass is 10.1. The second kappa shape index (κ2) is 6.66. The summed E-state index contributed by atoms with van der Waals surface area (Å²) in [6, 6.07) is 6.08. The molecule has 2 rings (SSSR count). The molecule has 1 unspecified atom stereocenters. The van der Waals surface area contributed by atoms with Crippen molar-refractivity contribution in [3.63, 3.8) is 0 Å². The van der Waals surface area contributed by atoms with Crippen molar-refractivity contribution < 1.29 is 9.18 Å². The zero-order valence-corrected chi connectivity index (χ0v) is 11.3. The Labute approximate surface area is 113 Å². The van der Waals surface area contributed by atoms with Crippen molar-refractivity contribution in [3.8, 4) is 0 Å². The average Bonchev–Trinajstić information content (AvgIpc) is 2.67. The van der Waals surface area contributed by atoms with Crippen LogP contribution in [0.15, 0.2) is 24.3 Å². The number of halogens is 1. The van der Waals surface area contributed by atoms with Crippen molar-refractivity contribution in [2.45, 2.75) is 44.7 Å². The number of amides is 1. The van der Waals surface area contributed by atoms with Gasteiger partial charge in [-0.1, -0.05) is 25.0 Å². The van der Waals surface area contributed by atoms with Gasteiger partial charge in [0.25, 0.3) is 0 Å². The van der Waals surface area contributed by atoms with E-state index in [1.165, 1.54) is 18.6 Å². The largest absolute Gasteiger partial charge is 0.348 e. The van der Waals surface area contributed by atoms with E-state index in [9.17, 15) is 9.18 Å². The summed E-state index contributed by atoms with van der Waals surface area (Å²) in [6.45, 7) is 2.77. The van der Waals surface area contributed by atoms with Crippen LogP contribution in [-0.2, 0) is 4.79 Å². The quantitative estimate of drug-likeness (QED) is 0.881. The minimum absolute atomic E-state index is 0.0126. The van der Waals surface area contributed by atoms with Crippen LogP contribution < -0.4 is 10.6 Å². The Kier molecular flexibility index (Phi) is 4.91. The highest BCUT2D eigenvalue weighted by Crippen LogP contribution is 2.15. The van der Waals surface area contributed by atoms with Crippen LogP contribution in [-0.4, -0.2) is 18.5 Å². The Morgan fingerprint density at radius 1 is 1.42 bits per heavy atom. The van der Waals surface area contributed by atoms with E-state index in [4.69, 9.17) is 0 Å². The zero-order valence-electron chi connectivity index (χ0n) is 11.3. The maximum absolute atomic E-state index is 13.1. The molecule has 1 aromatic carbocycles. The summed E-state index contributed by atoms with van der Waals surface area (Å²) < 4.78 is 13.1. The molecule has 0 aliphatic carbocycles. The molecule has 2 atom stereocenters. The number of carbonyl (C=O) groups is 1. The normalized spacial score (nSPS) is 21.5. The predicted octanol–water partition coefficient (Wildman–Crippen LogP) is 2.54. The lowest BCUT2D eigenvalue weighted by Gasteiger charge is -2.20. The van der Waals surface area contributed by atoms with Crippen molar-refractivity contribution in [2.75, 3.05) is 6.54 Å². The molecule has 0 bridgehead atoms. The van der Waals surface area contributed by atoms with Gasteiger partial charge in [-0.05, 0) is 44.0 Å². The molecule has 2 N–H and O–H groups in total. The minimum Gasteiger partial charge on any atom is -0.348 e. The summed E-state index contributed by atoms with van der Waals surface area (Å²) in [5.74, 6) is -0.259. The Morgan fingerprint density at radius 3 is 3.05 bits per heavy atom. The summed E-state index contributed by atoms with van der Waals surface area (Å²) in [4.78, 5) is 12.2. The number of benzene rings is 1. The van der Waals surface area contributed by atoms with Gasteiger partial charge in [0, 0.05) is 0 Å². The van der Waals surface area contributed by atoms with E-state index in [1.54, 1.807) is 6.07 Å². The van der Waals surface area contributed by atoms with E-state index in [0.29, 0.717) is 0 Å². The molecule has 19 heavy (non-hydrogen) atoms. The van der Waals surface area contributed by atoms with Gasteiger partial charge in [-0.25, -0.2) is 4.39 Å². The zero-order chi connectivity index (χ0) is 13.7. The summed E-state index contributed by atoms with van der Waals surface area (Å²) >= 11 is 0. The van der Waals surface area contributed by atoms with Crippen LogP contribution in [0.5, 0.6) is 0 Å². The van der Waals surface area contributed by atoms with Crippen LogP contribution in [0.25, 0.3) is 0 Å². The summed E-state index contributed by atoms with van der Waals surface area (Å²) in [5.41, 5.74) is 0.793. The van der Waals surface area contributed by atoms with Crippen LogP contribution in [0, 0.1) is 5.82 Å². The summed E-state index contributed by atoms with van der Waals surface area (Å²) in [6.07, 6.45) is 4.26. The maximum Gasteiger partial charge on any atom is 0.237 e. The molecule has 3 nitrogen and oxygen atoms in total. The van der Waals surface area contributed by atoms with E-state index >= 15 is 0 Å². The molecule has 1 heterocycles. The first-order valence-corrected chi connectivity index (χ1v) is 6.96. The van der Waals surface area contributed by atoms with E-state index in [-0.39, 0.29) is 23.8 Å². The summed E-state index contributed by atoms with van der Waals surface area (Å²) in [7, 11) is 0. The fourth-order valence-corrected chi connectivity index (χ4v) is 2.43. The Bertz CT molecular complexity index is 428. The van der Waals surface area contributed by atoms with E-state index in [2.05, 4.69) is 10.6 Å². The third-order valence-electron chi connectivity index (χ3n) is 3.58. The molecule has 1 saturated heterocycles. The standard InChI is InChI=1S/C15H21FN2O/c1-11(12-6-5-7-13(16)10-12)18-15(19)14-8-3-2-4-9-17-14/h5-7,10-11,14,17H,2-4,8-9H2,1H3,(H,18,19)/t11-,14?/m0/s1. The SMILES string of the molecule is C[C@H](NC(=O)C1CCCCCN1)c1cccc(F)c1. The molecule has 0 spiro atoms. The second-order valence-corrected chi connectivity index (χ2v) is 5.14. The molecule has 0 saturated carbocycles. The summed E-state index contributed by atoms with van der Waals surface area (Å²) in [5, 5.41) is 6.22. The molecular formula is C15H21FN2O. The number of hydrogen-bond acceptors (Lipinski definition) is 2. The number of rotatable bonds is 3. The highest BCUT2D eigenvalue weighted by molar-refractivity contribution is 5.82. The fraction of sp³-hybridized carbons (Fsp3) is 0.533. The van der Waals surface area contributed by atoms with Gasteiger partial charge in [-0.3, -0.25) is 4.79 Å². The van der Waals surface area contributed by atoms with Crippen molar-refractivity contribution in [3.05, 3.63) is 35.6 Å². The molecule has 0 radical (unpaired) electrons. The monoisotopic (exact) mass is 264 g/mol. The van der Waals surface area contributed by atoms with E-state index < -0.39 is 0 Å². The highest BCUT2D eigenvalue weighted by Gasteiger charge is 2.21. The van der Waals surface area contributed by atoms with Gasteiger partial charge in [-0.2, -0.15) is 0 Å². The number of hydrogen-bond donors (Lipinski definition) is 2. The smallest absolute Gasteiger partial charge is 0.237 e. The van der Waals surface area contributed by atoms with Crippen LogP contribution in [0.4, 0.5) is 4.39 Å². The molecule has 104 valence electrons. The molecule has 0 aromatic heterocycles. The number of nitrogens with one attached hydrogen (secondary N) is 2. The van der Waals surface area contributed by atoms with Gasteiger partial charge in [0.15, 0.2) is 0 Å². The third kappa shape index (κ3) is 4.03. The van der Waals surface area contributed by atoms with E-state index in [1.807, 2.05) is 13.0 Å². The highest BCUT2D eigenvalue weighted by atomic mass is 19.1. The maximum atomic E-state index is 13.1. The van der Waals surface area contributed by atoms with E-state index in [0.717, 1.165) is 31.4 Å². The molecule has 4 heteroatoms. The van der Waals surface area contributed by atoms with Crippen LogP contribution >= 0.6 is 0 Å². The van der Waals surface area contributed by atoms with Gasteiger partial charge in [-0.15, -0.1) is 0 Å². The average molecular weight is 264 g/mol. The fourth-order valence-electron chi connectivity index (χ4n) is 2.43. The molecule has 1 fully saturated rings. The van der Waals surface area contributed by atoms with Crippen molar-refractivity contribution >= 4 is 5.91 Å². The topological polar surface area (TPSA) is 41.1 Å². The second-order valence-electron chi connectivity index (χ2n) is 5.14. The lowest BCUT2D eigenvalue weighted by Crippen LogP contribution is -2.44. The molecule has 1 aliphatic heterocycles. The van der Waals surface area contributed by atoms with Gasteiger partial charge in [0.1, 0.15) is 5.82 Å². The van der Waals surface area contributed by atoms with Crippen LogP contribution in [0.1, 0.15) is 44.2 Å². The van der Waals surface area contributed by atoms with Gasteiger partial charge >= 0.3 is 0 Å². The van der Waals surface area contributed by atoms with Crippen LogP contribution in [0.3, 0.4) is 0 Å². The van der Waals surface area contributed by atoms with Gasteiger partial charge in [0.2, 0.25) is 5.91 Å². The molecule has 1 aliphatic rings. The first kappa shape index (κ1) is 14.0.